The minimum Gasteiger partial charge on any atom is -0.424 e. The molecule has 1 N–H and O–H groups in total. The van der Waals surface area contributed by atoms with Crippen LogP contribution >= 0.6 is 0 Å². The van der Waals surface area contributed by atoms with E-state index >= 15 is 0 Å². The second-order valence-corrected chi connectivity index (χ2v) is 8.32. The Morgan fingerprint density at radius 1 is 1.18 bits per heavy atom. The van der Waals surface area contributed by atoms with Gasteiger partial charge in [-0.2, -0.15) is 4.98 Å². The third-order valence-electron chi connectivity index (χ3n) is 6.15. The van der Waals surface area contributed by atoms with Crippen LogP contribution in [0.1, 0.15) is 30.1 Å². The largest absolute Gasteiger partial charge is 0.424 e. The summed E-state index contributed by atoms with van der Waals surface area (Å²) in [6.45, 7) is 3.20. The average molecular weight is 445 g/mol. The van der Waals surface area contributed by atoms with E-state index < -0.39 is 5.82 Å². The molecule has 1 aliphatic heterocycles. The summed E-state index contributed by atoms with van der Waals surface area (Å²) in [4.78, 5) is 28.5. The number of hydrogen-bond acceptors (Lipinski definition) is 6. The fourth-order valence-corrected chi connectivity index (χ4v) is 4.43. The Morgan fingerprint density at radius 2 is 2.00 bits per heavy atom. The molecule has 33 heavy (non-hydrogen) atoms. The lowest BCUT2D eigenvalue weighted by molar-refractivity contribution is 0.0539. The summed E-state index contributed by atoms with van der Waals surface area (Å²) in [5, 5.41) is 3.26. The first-order valence-corrected chi connectivity index (χ1v) is 11.1. The molecule has 2 aromatic carbocycles. The molecule has 1 saturated heterocycles. The highest BCUT2D eigenvalue weighted by atomic mass is 19.1. The van der Waals surface area contributed by atoms with Crippen molar-refractivity contribution in [1.82, 2.24) is 19.9 Å². The number of nitrogens with zero attached hydrogens (tertiary/aromatic N) is 4. The van der Waals surface area contributed by atoms with Gasteiger partial charge in [0.05, 0.1) is 11.6 Å². The fraction of sp³-hybridized carbons (Fsp3) is 0.280. The zero-order valence-electron chi connectivity index (χ0n) is 18.2. The van der Waals surface area contributed by atoms with E-state index in [1.165, 1.54) is 12.1 Å². The van der Waals surface area contributed by atoms with Crippen LogP contribution in [0.2, 0.25) is 0 Å². The number of halogens is 1. The van der Waals surface area contributed by atoms with E-state index in [0.29, 0.717) is 36.1 Å². The Balaban J connectivity index is 1.42. The molecule has 0 bridgehead atoms. The van der Waals surface area contributed by atoms with Crippen LogP contribution < -0.4 is 5.32 Å². The third kappa shape index (κ3) is 4.28. The summed E-state index contributed by atoms with van der Waals surface area (Å²) in [5.74, 6) is -0.0475. The van der Waals surface area contributed by atoms with Gasteiger partial charge in [-0.25, -0.2) is 14.4 Å². The molecule has 3 heterocycles. The zero-order valence-corrected chi connectivity index (χ0v) is 18.2. The molecule has 0 aliphatic carbocycles. The van der Waals surface area contributed by atoms with Crippen molar-refractivity contribution >= 4 is 23.0 Å². The molecule has 0 spiro atoms. The quantitative estimate of drug-likeness (QED) is 0.476. The van der Waals surface area contributed by atoms with Crippen LogP contribution in [0, 0.1) is 11.7 Å². The number of oxazole rings is 1. The molecule has 0 radical (unpaired) electrons. The van der Waals surface area contributed by atoms with Crippen LogP contribution in [0.4, 0.5) is 10.4 Å². The van der Waals surface area contributed by atoms with Gasteiger partial charge in [-0.15, -0.1) is 0 Å². The maximum atomic E-state index is 14.2. The number of fused-ring (bicyclic) bond motifs is 1. The second kappa shape index (κ2) is 8.97. The lowest BCUT2D eigenvalue weighted by Crippen LogP contribution is -2.51. The molecule has 5 rings (SSSR count). The van der Waals surface area contributed by atoms with Gasteiger partial charge in [0.2, 0.25) is 0 Å². The van der Waals surface area contributed by atoms with Crippen molar-refractivity contribution in [2.45, 2.75) is 25.8 Å². The predicted molar refractivity (Wildman–Crippen MR) is 123 cm³/mol. The lowest BCUT2D eigenvalue weighted by Gasteiger charge is -2.40. The monoisotopic (exact) mass is 445 g/mol. The maximum absolute atomic E-state index is 14.2. The summed E-state index contributed by atoms with van der Waals surface area (Å²) < 4.78 is 20.0. The van der Waals surface area contributed by atoms with E-state index in [0.717, 1.165) is 18.4 Å². The number of rotatable bonds is 5. The number of anilines is 1. The van der Waals surface area contributed by atoms with Crippen LogP contribution in [0.25, 0.3) is 22.5 Å². The lowest BCUT2D eigenvalue weighted by atomic mass is 9.89. The van der Waals surface area contributed by atoms with Gasteiger partial charge < -0.3 is 14.6 Å². The second-order valence-electron chi connectivity index (χ2n) is 8.32. The van der Waals surface area contributed by atoms with Crippen molar-refractivity contribution in [3.8, 4) is 11.4 Å². The Hall–Kier alpha value is -3.81. The first kappa shape index (κ1) is 21.1. The van der Waals surface area contributed by atoms with Crippen molar-refractivity contribution in [3.63, 3.8) is 0 Å². The summed E-state index contributed by atoms with van der Waals surface area (Å²) in [7, 11) is 0. The molecule has 1 amide bonds. The Kier molecular flexibility index (Phi) is 5.73. The Bertz CT molecular complexity index is 1240. The summed E-state index contributed by atoms with van der Waals surface area (Å²) in [5.41, 5.74) is 2.27. The van der Waals surface area contributed by atoms with Gasteiger partial charge in [0.15, 0.2) is 11.4 Å². The number of piperidine rings is 1. The molecule has 168 valence electrons. The van der Waals surface area contributed by atoms with Crippen molar-refractivity contribution in [2.24, 2.45) is 5.92 Å². The Morgan fingerprint density at radius 3 is 2.82 bits per heavy atom. The molecule has 1 fully saturated rings. The fourth-order valence-electron chi connectivity index (χ4n) is 4.43. The number of hydrogen-bond donors (Lipinski definition) is 1. The molecule has 7 nitrogen and oxygen atoms in total. The van der Waals surface area contributed by atoms with Crippen LogP contribution in [-0.4, -0.2) is 44.9 Å². The van der Waals surface area contributed by atoms with E-state index in [4.69, 9.17) is 4.42 Å². The predicted octanol–water partition coefficient (Wildman–Crippen LogP) is 4.78. The number of para-hydroxylation sites is 2. The molecule has 0 saturated carbocycles. The minimum atomic E-state index is -0.468. The smallest absolute Gasteiger partial charge is 0.295 e. The molecular weight excluding hydrogens is 421 g/mol. The molecular formula is C25H24FN5O2. The van der Waals surface area contributed by atoms with Gasteiger partial charge in [-0.05, 0) is 55.2 Å². The minimum absolute atomic E-state index is 0.103. The number of aromatic nitrogens is 3. The van der Waals surface area contributed by atoms with Gasteiger partial charge in [0, 0.05) is 31.0 Å². The van der Waals surface area contributed by atoms with E-state index in [2.05, 4.69) is 27.2 Å². The molecule has 2 atom stereocenters. The first-order chi connectivity index (χ1) is 16.1. The normalized spacial score (nSPS) is 18.4. The summed E-state index contributed by atoms with van der Waals surface area (Å²) in [6, 6.07) is 13.8. The van der Waals surface area contributed by atoms with E-state index in [-0.39, 0.29) is 23.4 Å². The van der Waals surface area contributed by atoms with Crippen LogP contribution in [0.3, 0.4) is 0 Å². The van der Waals surface area contributed by atoms with Crippen LogP contribution in [0.5, 0.6) is 0 Å². The zero-order chi connectivity index (χ0) is 22.8. The molecule has 8 heteroatoms. The van der Waals surface area contributed by atoms with E-state index in [1.807, 2.05) is 29.2 Å². The molecule has 1 aliphatic rings. The molecule has 2 aromatic heterocycles. The number of amides is 1. The van der Waals surface area contributed by atoms with E-state index in [1.54, 1.807) is 24.5 Å². The summed E-state index contributed by atoms with van der Waals surface area (Å²) >= 11 is 0. The highest BCUT2D eigenvalue weighted by Crippen LogP contribution is 2.29. The van der Waals surface area contributed by atoms with Gasteiger partial charge >= 0.3 is 0 Å². The number of likely N-dealkylation sites (tertiary alicyclic amines) is 1. The van der Waals surface area contributed by atoms with Crippen LogP contribution in [-0.2, 0) is 0 Å². The van der Waals surface area contributed by atoms with Crippen LogP contribution in [0.15, 0.2) is 65.3 Å². The summed E-state index contributed by atoms with van der Waals surface area (Å²) in [6.07, 6.45) is 5.10. The maximum Gasteiger partial charge on any atom is 0.295 e. The number of nitrogens with one attached hydrogen (secondary N) is 1. The van der Waals surface area contributed by atoms with E-state index in [9.17, 15) is 9.18 Å². The SMILES string of the molecule is C[C@@H]1CCCN(C(=O)c2cc(F)ccc2-c2ncccn2)[C@@H]1CNc1nc2ccccc2o1. The van der Waals surface area contributed by atoms with Gasteiger partial charge in [0.25, 0.3) is 11.9 Å². The van der Waals surface area contributed by atoms with Crippen molar-refractivity contribution in [2.75, 3.05) is 18.4 Å². The topological polar surface area (TPSA) is 84.2 Å². The molecule has 0 unspecified atom stereocenters. The third-order valence-corrected chi connectivity index (χ3v) is 6.15. The van der Waals surface area contributed by atoms with Gasteiger partial charge in [-0.1, -0.05) is 19.1 Å². The van der Waals surface area contributed by atoms with Crippen molar-refractivity contribution in [1.29, 1.82) is 0 Å². The highest BCUT2D eigenvalue weighted by molar-refractivity contribution is 6.00. The Labute approximate surface area is 190 Å². The van der Waals surface area contributed by atoms with Gasteiger partial charge in [-0.3, -0.25) is 4.79 Å². The standard InChI is InChI=1S/C25H24FN5O2/c1-16-6-4-13-31(21(16)15-29-25-30-20-7-2-3-8-22(20)33-25)24(32)19-14-17(26)9-10-18(19)23-27-11-5-12-28-23/h2-3,5,7-12,14,16,21H,4,6,13,15H2,1H3,(H,29,30)/t16-,21-/m1/s1. The van der Waals surface area contributed by atoms with Crippen molar-refractivity contribution in [3.05, 3.63) is 72.3 Å². The van der Waals surface area contributed by atoms with Crippen molar-refractivity contribution < 1.29 is 13.6 Å². The number of carbonyl (C=O) groups is 1. The number of benzene rings is 2. The number of carbonyl (C=O) groups excluding carboxylic acids is 1. The first-order valence-electron chi connectivity index (χ1n) is 11.1. The molecule has 4 aromatic rings. The highest BCUT2D eigenvalue weighted by Gasteiger charge is 2.34. The average Bonchev–Trinajstić information content (AvgIpc) is 3.26. The van der Waals surface area contributed by atoms with Gasteiger partial charge in [0.1, 0.15) is 11.3 Å².